The first-order valence-corrected chi connectivity index (χ1v) is 10.6. The maximum absolute atomic E-state index is 13.8. The van der Waals surface area contributed by atoms with Gasteiger partial charge in [0, 0.05) is 16.6 Å². The van der Waals surface area contributed by atoms with Crippen LogP contribution in [0.15, 0.2) is 71.6 Å². The van der Waals surface area contributed by atoms with Crippen LogP contribution in [0, 0.1) is 5.82 Å². The number of nitrogens with one attached hydrogen (secondary N) is 2. The van der Waals surface area contributed by atoms with E-state index in [1.54, 1.807) is 62.6 Å². The van der Waals surface area contributed by atoms with Crippen molar-refractivity contribution in [3.63, 3.8) is 0 Å². The predicted octanol–water partition coefficient (Wildman–Crippen LogP) is 5.21. The molecule has 0 aromatic heterocycles. The van der Waals surface area contributed by atoms with Gasteiger partial charge in [0.1, 0.15) is 17.3 Å². The lowest BCUT2D eigenvalue weighted by molar-refractivity contribution is -0.115. The molecule has 0 saturated carbocycles. The summed E-state index contributed by atoms with van der Waals surface area (Å²) in [4.78, 5) is 25.7. The minimum atomic E-state index is -0.579. The maximum atomic E-state index is 13.8. The van der Waals surface area contributed by atoms with E-state index in [1.165, 1.54) is 37.1 Å². The zero-order valence-electron chi connectivity index (χ0n) is 17.8. The van der Waals surface area contributed by atoms with Crippen LogP contribution in [0.4, 0.5) is 15.8 Å². The van der Waals surface area contributed by atoms with Gasteiger partial charge in [-0.3, -0.25) is 9.59 Å². The Morgan fingerprint density at radius 1 is 0.938 bits per heavy atom. The van der Waals surface area contributed by atoms with Crippen LogP contribution in [0.25, 0.3) is 0 Å². The van der Waals surface area contributed by atoms with Crippen molar-refractivity contribution in [2.24, 2.45) is 0 Å². The standard InChI is InChI=1S/C24H23FN2O4S/c1-15(23(28)27-21-14-17(30-2)10-13-22(21)31-3)32-18-11-8-16(9-12-18)26-24(29)19-6-4-5-7-20(19)25/h4-15H,1-3H3,(H,26,29)(H,27,28). The van der Waals surface area contributed by atoms with Gasteiger partial charge in [-0.15, -0.1) is 11.8 Å². The van der Waals surface area contributed by atoms with E-state index in [0.717, 1.165) is 4.90 Å². The second kappa shape index (κ2) is 10.7. The highest BCUT2D eigenvalue weighted by Gasteiger charge is 2.17. The summed E-state index contributed by atoms with van der Waals surface area (Å²) in [5.41, 5.74) is 1.03. The molecular weight excluding hydrogens is 431 g/mol. The molecule has 3 aromatic rings. The summed E-state index contributed by atoms with van der Waals surface area (Å²) in [7, 11) is 3.08. The number of benzene rings is 3. The molecule has 0 spiro atoms. The van der Waals surface area contributed by atoms with Crippen LogP contribution in [-0.2, 0) is 4.79 Å². The van der Waals surface area contributed by atoms with Crippen molar-refractivity contribution in [2.45, 2.75) is 17.1 Å². The fraction of sp³-hybridized carbons (Fsp3) is 0.167. The van der Waals surface area contributed by atoms with Gasteiger partial charge >= 0.3 is 0 Å². The molecule has 6 nitrogen and oxygen atoms in total. The molecule has 0 radical (unpaired) electrons. The Kier molecular flexibility index (Phi) is 7.72. The number of amides is 2. The van der Waals surface area contributed by atoms with Gasteiger partial charge in [0.2, 0.25) is 5.91 Å². The first-order valence-electron chi connectivity index (χ1n) is 9.76. The highest BCUT2D eigenvalue weighted by atomic mass is 32.2. The molecule has 8 heteroatoms. The van der Waals surface area contributed by atoms with Crippen LogP contribution < -0.4 is 20.1 Å². The number of thioether (sulfide) groups is 1. The van der Waals surface area contributed by atoms with Crippen LogP contribution in [0.1, 0.15) is 17.3 Å². The molecular formula is C24H23FN2O4S. The van der Waals surface area contributed by atoms with Crippen LogP contribution in [0.5, 0.6) is 11.5 Å². The Hall–Kier alpha value is -3.52. The zero-order valence-corrected chi connectivity index (χ0v) is 18.7. The van der Waals surface area contributed by atoms with Crippen molar-refractivity contribution in [1.82, 2.24) is 0 Å². The third kappa shape index (κ3) is 5.79. The summed E-state index contributed by atoms with van der Waals surface area (Å²) in [6, 6.07) is 17.9. The molecule has 0 fully saturated rings. The molecule has 1 atom stereocenters. The van der Waals surface area contributed by atoms with Gasteiger partial charge in [0.05, 0.1) is 30.7 Å². The average Bonchev–Trinajstić information content (AvgIpc) is 2.80. The average molecular weight is 455 g/mol. The van der Waals surface area contributed by atoms with Crippen LogP contribution in [0.2, 0.25) is 0 Å². The number of ether oxygens (including phenoxy) is 2. The smallest absolute Gasteiger partial charge is 0.258 e. The fourth-order valence-corrected chi connectivity index (χ4v) is 3.73. The number of hydrogen-bond acceptors (Lipinski definition) is 5. The largest absolute Gasteiger partial charge is 0.497 e. The van der Waals surface area contributed by atoms with Gasteiger partial charge in [-0.05, 0) is 55.5 Å². The summed E-state index contributed by atoms with van der Waals surface area (Å²) in [5.74, 6) is -0.160. The Balaban J connectivity index is 1.61. The lowest BCUT2D eigenvalue weighted by Crippen LogP contribution is -2.22. The summed E-state index contributed by atoms with van der Waals surface area (Å²) < 4.78 is 24.3. The molecule has 0 saturated heterocycles. The van der Waals surface area contributed by atoms with E-state index in [-0.39, 0.29) is 11.5 Å². The van der Waals surface area contributed by atoms with Gasteiger partial charge < -0.3 is 20.1 Å². The Bertz CT molecular complexity index is 1110. The predicted molar refractivity (Wildman–Crippen MR) is 124 cm³/mol. The number of halogens is 1. The summed E-state index contributed by atoms with van der Waals surface area (Å²) in [6.07, 6.45) is 0. The Morgan fingerprint density at radius 3 is 2.31 bits per heavy atom. The first kappa shape index (κ1) is 23.1. The Morgan fingerprint density at radius 2 is 1.66 bits per heavy atom. The SMILES string of the molecule is COc1ccc(OC)c(NC(=O)C(C)Sc2ccc(NC(=O)c3ccccc3F)cc2)c1. The molecule has 0 heterocycles. The highest BCUT2D eigenvalue weighted by Crippen LogP contribution is 2.31. The topological polar surface area (TPSA) is 76.7 Å². The lowest BCUT2D eigenvalue weighted by atomic mass is 10.2. The molecule has 0 bridgehead atoms. The van der Waals surface area contributed by atoms with Crippen molar-refractivity contribution < 1.29 is 23.5 Å². The zero-order chi connectivity index (χ0) is 23.1. The minimum Gasteiger partial charge on any atom is -0.497 e. The molecule has 2 N–H and O–H groups in total. The quantitative estimate of drug-likeness (QED) is 0.457. The van der Waals surface area contributed by atoms with E-state index in [2.05, 4.69) is 10.6 Å². The third-order valence-corrected chi connectivity index (χ3v) is 5.69. The molecule has 0 aliphatic rings. The van der Waals surface area contributed by atoms with Crippen molar-refractivity contribution in [3.05, 3.63) is 78.1 Å². The fourth-order valence-electron chi connectivity index (χ4n) is 2.86. The van der Waals surface area contributed by atoms with E-state index >= 15 is 0 Å². The van der Waals surface area contributed by atoms with Gasteiger partial charge in [0.25, 0.3) is 5.91 Å². The number of carbonyl (C=O) groups is 2. The van der Waals surface area contributed by atoms with Gasteiger partial charge in [-0.2, -0.15) is 0 Å². The van der Waals surface area contributed by atoms with Crippen LogP contribution >= 0.6 is 11.8 Å². The normalized spacial score (nSPS) is 11.4. The van der Waals surface area contributed by atoms with Crippen molar-refractivity contribution in [3.8, 4) is 11.5 Å². The van der Waals surface area contributed by atoms with Gasteiger partial charge in [-0.25, -0.2) is 4.39 Å². The number of carbonyl (C=O) groups excluding carboxylic acids is 2. The third-order valence-electron chi connectivity index (χ3n) is 4.58. The van der Waals surface area contributed by atoms with E-state index in [9.17, 15) is 14.0 Å². The van der Waals surface area contributed by atoms with E-state index < -0.39 is 17.0 Å². The summed E-state index contributed by atoms with van der Waals surface area (Å²) in [6.45, 7) is 1.79. The highest BCUT2D eigenvalue weighted by molar-refractivity contribution is 8.00. The second-order valence-corrected chi connectivity index (χ2v) is 8.19. The molecule has 0 aliphatic heterocycles. The number of rotatable bonds is 8. The first-order chi connectivity index (χ1) is 15.4. The number of methoxy groups -OCH3 is 2. The Labute approximate surface area is 190 Å². The minimum absolute atomic E-state index is 0.0239. The number of hydrogen-bond donors (Lipinski definition) is 2. The molecule has 32 heavy (non-hydrogen) atoms. The van der Waals surface area contributed by atoms with E-state index in [1.807, 2.05) is 0 Å². The van der Waals surface area contributed by atoms with Gasteiger partial charge in [-0.1, -0.05) is 12.1 Å². The van der Waals surface area contributed by atoms with Crippen LogP contribution in [0.3, 0.4) is 0 Å². The van der Waals surface area contributed by atoms with E-state index in [0.29, 0.717) is 22.9 Å². The summed E-state index contributed by atoms with van der Waals surface area (Å²) >= 11 is 1.36. The molecule has 166 valence electrons. The van der Waals surface area contributed by atoms with Crippen LogP contribution in [-0.4, -0.2) is 31.3 Å². The van der Waals surface area contributed by atoms with Gasteiger partial charge in [0.15, 0.2) is 0 Å². The molecule has 3 rings (SSSR count). The lowest BCUT2D eigenvalue weighted by Gasteiger charge is -2.15. The van der Waals surface area contributed by atoms with Crippen molar-refractivity contribution in [2.75, 3.05) is 24.9 Å². The maximum Gasteiger partial charge on any atom is 0.258 e. The molecule has 0 aliphatic carbocycles. The summed E-state index contributed by atoms with van der Waals surface area (Å²) in [5, 5.41) is 5.13. The number of anilines is 2. The van der Waals surface area contributed by atoms with E-state index in [4.69, 9.17) is 9.47 Å². The van der Waals surface area contributed by atoms with Crippen molar-refractivity contribution in [1.29, 1.82) is 0 Å². The second-order valence-electron chi connectivity index (χ2n) is 6.77. The molecule has 2 amide bonds. The van der Waals surface area contributed by atoms with Crippen molar-refractivity contribution >= 4 is 35.0 Å². The monoisotopic (exact) mass is 454 g/mol. The molecule has 3 aromatic carbocycles. The molecule has 1 unspecified atom stereocenters.